The maximum Gasteiger partial charge on any atom is 0.137 e. The lowest BCUT2D eigenvalue weighted by Crippen LogP contribution is -2.00. The lowest BCUT2D eigenvalue weighted by Gasteiger charge is -2.07. The summed E-state index contributed by atoms with van der Waals surface area (Å²) in [5.41, 5.74) is 0. The van der Waals surface area contributed by atoms with Gasteiger partial charge in [0.2, 0.25) is 0 Å². The van der Waals surface area contributed by atoms with Gasteiger partial charge in [-0.05, 0) is 30.3 Å². The fraction of sp³-hybridized carbons (Fsp3) is 0.143. The fourth-order valence-corrected chi connectivity index (χ4v) is 2.42. The van der Waals surface area contributed by atoms with Crippen molar-refractivity contribution < 1.29 is 9.84 Å². The van der Waals surface area contributed by atoms with E-state index in [0.717, 1.165) is 10.6 Å². The summed E-state index contributed by atoms with van der Waals surface area (Å²) < 4.78 is 5.57. The molecule has 2 nitrogen and oxygen atoms in total. The van der Waals surface area contributed by atoms with E-state index in [1.807, 2.05) is 30.3 Å². The monoisotopic (exact) mass is 280 g/mol. The number of rotatable bonds is 5. The molecule has 0 radical (unpaired) electrons. The molecular formula is C14H13ClO2S. The number of thioether (sulfide) groups is 1. The summed E-state index contributed by atoms with van der Waals surface area (Å²) in [5.74, 6) is 1.79. The summed E-state index contributed by atoms with van der Waals surface area (Å²) >= 11 is 7.61. The number of hydrogen-bond donors (Lipinski definition) is 1. The molecule has 2 aromatic carbocycles. The van der Waals surface area contributed by atoms with Crippen LogP contribution in [-0.2, 0) is 0 Å². The van der Waals surface area contributed by atoms with Crippen LogP contribution in [0.1, 0.15) is 0 Å². The minimum atomic E-state index is 0.284. The highest BCUT2D eigenvalue weighted by Crippen LogP contribution is 2.25. The quantitative estimate of drug-likeness (QED) is 0.657. The number of aromatic hydroxyl groups is 1. The van der Waals surface area contributed by atoms with E-state index in [4.69, 9.17) is 16.3 Å². The van der Waals surface area contributed by atoms with Crippen molar-refractivity contribution in [1.29, 1.82) is 0 Å². The van der Waals surface area contributed by atoms with Crippen molar-refractivity contribution in [3.63, 3.8) is 0 Å². The Labute approximate surface area is 116 Å². The molecule has 0 aliphatic carbocycles. The summed E-state index contributed by atoms with van der Waals surface area (Å²) in [5, 5.41) is 9.95. The Bertz CT molecular complexity index is 517. The summed E-state index contributed by atoms with van der Waals surface area (Å²) in [4.78, 5) is 1.03. The third kappa shape index (κ3) is 3.86. The van der Waals surface area contributed by atoms with Gasteiger partial charge >= 0.3 is 0 Å². The van der Waals surface area contributed by atoms with Gasteiger partial charge in [-0.2, -0.15) is 0 Å². The lowest BCUT2D eigenvalue weighted by molar-refractivity contribution is 0.344. The van der Waals surface area contributed by atoms with Crippen LogP contribution in [0.15, 0.2) is 53.4 Å². The Kier molecular flexibility index (Phi) is 4.79. The number of ether oxygens (including phenoxy) is 1. The molecule has 0 fully saturated rings. The minimum Gasteiger partial charge on any atom is -0.508 e. The van der Waals surface area contributed by atoms with E-state index < -0.39 is 0 Å². The molecular weight excluding hydrogens is 268 g/mol. The average molecular weight is 281 g/mol. The third-order valence-corrected chi connectivity index (χ3v) is 3.53. The van der Waals surface area contributed by atoms with E-state index in [2.05, 4.69) is 0 Å². The molecule has 0 aliphatic rings. The number of benzene rings is 2. The first kappa shape index (κ1) is 13.1. The van der Waals surface area contributed by atoms with Crippen molar-refractivity contribution in [3.8, 4) is 11.5 Å². The minimum absolute atomic E-state index is 0.284. The Hall–Kier alpha value is -1.32. The van der Waals surface area contributed by atoms with Crippen LogP contribution in [0.5, 0.6) is 11.5 Å². The summed E-state index contributed by atoms with van der Waals surface area (Å²) in [6.45, 7) is 0.573. The van der Waals surface area contributed by atoms with Gasteiger partial charge in [-0.25, -0.2) is 0 Å². The summed E-state index contributed by atoms with van der Waals surface area (Å²) in [7, 11) is 0. The first-order valence-corrected chi connectivity index (χ1v) is 6.91. The van der Waals surface area contributed by atoms with Gasteiger partial charge in [-0.1, -0.05) is 29.8 Å². The van der Waals surface area contributed by atoms with Crippen LogP contribution in [0.2, 0.25) is 5.02 Å². The van der Waals surface area contributed by atoms with Gasteiger partial charge in [0.05, 0.1) is 11.6 Å². The highest BCUT2D eigenvalue weighted by atomic mass is 35.5. The van der Waals surface area contributed by atoms with E-state index in [1.165, 1.54) is 0 Å². The molecule has 94 valence electrons. The molecule has 0 heterocycles. The van der Waals surface area contributed by atoms with Gasteiger partial charge in [-0.15, -0.1) is 11.8 Å². The Balaban J connectivity index is 1.78. The topological polar surface area (TPSA) is 29.5 Å². The third-order valence-electron chi connectivity index (χ3n) is 2.26. The van der Waals surface area contributed by atoms with Gasteiger partial charge < -0.3 is 9.84 Å². The molecule has 0 aromatic heterocycles. The standard InChI is InChI=1S/C14H13ClO2S/c15-13-6-1-2-7-14(13)17-8-9-18-12-5-3-4-11(16)10-12/h1-7,10,16H,8-9H2. The zero-order valence-corrected chi connectivity index (χ0v) is 11.2. The SMILES string of the molecule is Oc1cccc(SCCOc2ccccc2Cl)c1. The molecule has 1 N–H and O–H groups in total. The summed E-state index contributed by atoms with van der Waals surface area (Å²) in [6.07, 6.45) is 0. The van der Waals surface area contributed by atoms with E-state index in [9.17, 15) is 5.11 Å². The molecule has 2 rings (SSSR count). The first-order valence-electron chi connectivity index (χ1n) is 5.55. The second-order valence-corrected chi connectivity index (χ2v) is 5.20. The fourth-order valence-electron chi connectivity index (χ4n) is 1.45. The first-order chi connectivity index (χ1) is 8.75. The molecule has 0 atom stereocenters. The zero-order chi connectivity index (χ0) is 12.8. The summed E-state index contributed by atoms with van der Waals surface area (Å²) in [6, 6.07) is 14.6. The lowest BCUT2D eigenvalue weighted by atomic mass is 10.3. The van der Waals surface area contributed by atoms with Crippen molar-refractivity contribution >= 4 is 23.4 Å². The van der Waals surface area contributed by atoms with Crippen LogP contribution in [0.3, 0.4) is 0 Å². The zero-order valence-electron chi connectivity index (χ0n) is 9.67. The van der Waals surface area contributed by atoms with Crippen LogP contribution < -0.4 is 4.74 Å². The number of halogens is 1. The van der Waals surface area contributed by atoms with Crippen LogP contribution in [0.25, 0.3) is 0 Å². The smallest absolute Gasteiger partial charge is 0.137 e. The highest BCUT2D eigenvalue weighted by molar-refractivity contribution is 7.99. The Morgan fingerprint density at radius 2 is 1.94 bits per heavy atom. The van der Waals surface area contributed by atoms with Crippen molar-refractivity contribution in [3.05, 3.63) is 53.6 Å². The molecule has 0 bridgehead atoms. The number of phenols is 1. The predicted molar refractivity (Wildman–Crippen MR) is 75.8 cm³/mol. The molecule has 4 heteroatoms. The molecule has 2 aromatic rings. The van der Waals surface area contributed by atoms with Crippen molar-refractivity contribution in [2.24, 2.45) is 0 Å². The molecule has 18 heavy (non-hydrogen) atoms. The van der Waals surface area contributed by atoms with Gasteiger partial charge in [0.15, 0.2) is 0 Å². The molecule has 0 amide bonds. The van der Waals surface area contributed by atoms with Crippen LogP contribution >= 0.6 is 23.4 Å². The number of para-hydroxylation sites is 1. The normalized spacial score (nSPS) is 10.3. The van der Waals surface area contributed by atoms with E-state index in [-0.39, 0.29) is 5.75 Å². The van der Waals surface area contributed by atoms with Crippen LogP contribution in [-0.4, -0.2) is 17.5 Å². The second kappa shape index (κ2) is 6.57. The predicted octanol–water partition coefficient (Wildman–Crippen LogP) is 4.22. The van der Waals surface area contributed by atoms with E-state index >= 15 is 0 Å². The highest BCUT2D eigenvalue weighted by Gasteiger charge is 2.00. The molecule has 0 spiro atoms. The molecule has 0 saturated heterocycles. The maximum atomic E-state index is 9.32. The number of hydrogen-bond acceptors (Lipinski definition) is 3. The van der Waals surface area contributed by atoms with Gasteiger partial charge in [-0.3, -0.25) is 0 Å². The second-order valence-electron chi connectivity index (χ2n) is 3.62. The van der Waals surface area contributed by atoms with Crippen LogP contribution in [0, 0.1) is 0 Å². The Morgan fingerprint density at radius 3 is 2.72 bits per heavy atom. The average Bonchev–Trinajstić information content (AvgIpc) is 2.37. The Morgan fingerprint density at radius 1 is 1.11 bits per heavy atom. The van der Waals surface area contributed by atoms with E-state index in [0.29, 0.717) is 17.4 Å². The maximum absolute atomic E-state index is 9.32. The van der Waals surface area contributed by atoms with Crippen molar-refractivity contribution in [2.45, 2.75) is 4.90 Å². The largest absolute Gasteiger partial charge is 0.508 e. The molecule has 0 aliphatic heterocycles. The molecule has 0 unspecified atom stereocenters. The van der Waals surface area contributed by atoms with E-state index in [1.54, 1.807) is 30.0 Å². The van der Waals surface area contributed by atoms with Crippen LogP contribution in [0.4, 0.5) is 0 Å². The van der Waals surface area contributed by atoms with Gasteiger partial charge in [0, 0.05) is 10.6 Å². The van der Waals surface area contributed by atoms with Gasteiger partial charge in [0.1, 0.15) is 11.5 Å². The van der Waals surface area contributed by atoms with Crippen molar-refractivity contribution in [1.82, 2.24) is 0 Å². The molecule has 0 saturated carbocycles. The number of phenolic OH excluding ortho intramolecular Hbond substituents is 1. The van der Waals surface area contributed by atoms with Gasteiger partial charge in [0.25, 0.3) is 0 Å². The van der Waals surface area contributed by atoms with Crippen molar-refractivity contribution in [2.75, 3.05) is 12.4 Å².